The van der Waals surface area contributed by atoms with Crippen LogP contribution in [0.5, 0.6) is 0 Å². The molecule has 2 aromatic carbocycles. The van der Waals surface area contributed by atoms with Gasteiger partial charge in [0.25, 0.3) is 0 Å². The summed E-state index contributed by atoms with van der Waals surface area (Å²) < 4.78 is 0. The van der Waals surface area contributed by atoms with Gasteiger partial charge in [0.05, 0.1) is 11.6 Å². The van der Waals surface area contributed by atoms with Crippen LogP contribution in [0.4, 0.5) is 11.4 Å². The zero-order valence-electron chi connectivity index (χ0n) is 15.9. The topological polar surface area (TPSA) is 64.9 Å². The van der Waals surface area contributed by atoms with Crippen LogP contribution in [0, 0.1) is 11.3 Å². The van der Waals surface area contributed by atoms with Crippen LogP contribution in [-0.4, -0.2) is 13.8 Å². The molecular formula is C21H29N3O. The number of hydrogen-bond acceptors (Lipinski definition) is 4. The van der Waals surface area contributed by atoms with Crippen molar-refractivity contribution in [1.29, 1.82) is 5.26 Å². The number of nitrogens with one attached hydrogen (secondary N) is 2. The van der Waals surface area contributed by atoms with E-state index in [-0.39, 0.29) is 0 Å². The van der Waals surface area contributed by atoms with Crippen LogP contribution in [0.2, 0.25) is 0 Å². The summed E-state index contributed by atoms with van der Waals surface area (Å²) in [7, 11) is 1.88. The minimum absolute atomic E-state index is 0.645. The Kier molecular flexibility index (Phi) is 15.3. The molecule has 0 radical (unpaired) electrons. The molecule has 25 heavy (non-hydrogen) atoms. The molecule has 0 amide bonds. The molecule has 0 saturated carbocycles. The van der Waals surface area contributed by atoms with Crippen LogP contribution in [0.25, 0.3) is 5.70 Å². The molecule has 4 heteroatoms. The summed E-state index contributed by atoms with van der Waals surface area (Å²) >= 11 is 0. The molecule has 0 unspecified atom stereocenters. The lowest BCUT2D eigenvalue weighted by atomic mass is 10.1. The second-order valence-corrected chi connectivity index (χ2v) is 4.09. The van der Waals surface area contributed by atoms with Crippen molar-refractivity contribution in [3.8, 4) is 6.07 Å². The first-order valence-electron chi connectivity index (χ1n) is 8.26. The van der Waals surface area contributed by atoms with Crippen molar-refractivity contribution in [1.82, 2.24) is 0 Å². The maximum atomic E-state index is 8.76. The Hall–Kier alpha value is -3.06. The predicted molar refractivity (Wildman–Crippen MR) is 110 cm³/mol. The highest BCUT2D eigenvalue weighted by atomic mass is 16.1. The lowest BCUT2D eigenvalue weighted by molar-refractivity contribution is -0.0979. The summed E-state index contributed by atoms with van der Waals surface area (Å²) in [5.74, 6) is 0. The van der Waals surface area contributed by atoms with Gasteiger partial charge in [-0.1, -0.05) is 52.5 Å². The molecule has 0 aliphatic rings. The molecule has 2 N–H and O–H groups in total. The van der Waals surface area contributed by atoms with Gasteiger partial charge in [-0.2, -0.15) is 5.26 Å². The minimum Gasteiger partial charge on any atom is -0.388 e. The Morgan fingerprint density at radius 3 is 1.96 bits per heavy atom. The first-order chi connectivity index (χ1) is 12.2. The predicted octanol–water partition coefficient (Wildman–Crippen LogP) is 5.55. The molecule has 0 atom stereocenters. The molecule has 4 nitrogen and oxygen atoms in total. The fraction of sp³-hybridized carbons (Fsp3) is 0.238. The second-order valence-electron chi connectivity index (χ2n) is 4.09. The Balaban J connectivity index is 0. The highest BCUT2D eigenvalue weighted by Crippen LogP contribution is 2.23. The summed E-state index contributed by atoms with van der Waals surface area (Å²) in [4.78, 5) is 8.00. The molecule has 0 heterocycles. The van der Waals surface area contributed by atoms with E-state index in [2.05, 4.69) is 23.3 Å². The van der Waals surface area contributed by atoms with E-state index in [0.29, 0.717) is 5.56 Å². The molecule has 0 aliphatic carbocycles. The molecule has 0 bridgehead atoms. The van der Waals surface area contributed by atoms with Crippen molar-refractivity contribution in [2.75, 3.05) is 17.7 Å². The zero-order chi connectivity index (χ0) is 19.7. The minimum atomic E-state index is 0.645. The van der Waals surface area contributed by atoms with E-state index in [1.165, 1.54) is 0 Å². The summed E-state index contributed by atoms with van der Waals surface area (Å²) in [6.07, 6.45) is 0. The van der Waals surface area contributed by atoms with Crippen LogP contribution in [0.3, 0.4) is 0 Å². The van der Waals surface area contributed by atoms with E-state index in [1.807, 2.05) is 77.9 Å². The number of benzene rings is 2. The normalized spacial score (nSPS) is 7.84. The number of para-hydroxylation sites is 1. The summed E-state index contributed by atoms with van der Waals surface area (Å²) in [5.41, 5.74) is 4.42. The second kappa shape index (κ2) is 15.8. The number of nitriles is 1. The lowest BCUT2D eigenvalue weighted by Crippen LogP contribution is -2.01. The van der Waals surface area contributed by atoms with Gasteiger partial charge in [0, 0.05) is 29.7 Å². The Bertz CT molecular complexity index is 643. The highest BCUT2D eigenvalue weighted by molar-refractivity contribution is 5.82. The van der Waals surface area contributed by atoms with Gasteiger partial charge < -0.3 is 15.4 Å². The number of hydrogen-bond donors (Lipinski definition) is 2. The fourth-order valence-corrected chi connectivity index (χ4v) is 1.83. The van der Waals surface area contributed by atoms with E-state index >= 15 is 0 Å². The van der Waals surface area contributed by atoms with Crippen molar-refractivity contribution in [3.05, 3.63) is 66.2 Å². The lowest BCUT2D eigenvalue weighted by Gasteiger charge is -2.13. The monoisotopic (exact) mass is 339 g/mol. The van der Waals surface area contributed by atoms with Crippen LogP contribution >= 0.6 is 0 Å². The number of anilines is 2. The average molecular weight is 339 g/mol. The van der Waals surface area contributed by atoms with Gasteiger partial charge in [-0.15, -0.1) is 0 Å². The van der Waals surface area contributed by atoms with Crippen molar-refractivity contribution in [3.63, 3.8) is 0 Å². The van der Waals surface area contributed by atoms with E-state index in [9.17, 15) is 0 Å². The molecule has 0 spiro atoms. The van der Waals surface area contributed by atoms with Gasteiger partial charge in [0.2, 0.25) is 0 Å². The molecule has 2 rings (SSSR count). The van der Waals surface area contributed by atoms with E-state index in [0.717, 1.165) is 22.6 Å². The maximum Gasteiger partial charge on any atom is 0.106 e. The van der Waals surface area contributed by atoms with Gasteiger partial charge in [-0.25, -0.2) is 0 Å². The first kappa shape index (κ1) is 24.2. The Morgan fingerprint density at radius 1 is 0.960 bits per heavy atom. The third kappa shape index (κ3) is 8.38. The van der Waals surface area contributed by atoms with E-state index in [4.69, 9.17) is 10.1 Å². The van der Waals surface area contributed by atoms with Crippen molar-refractivity contribution >= 4 is 23.9 Å². The number of rotatable bonds is 4. The Labute approximate surface area is 152 Å². The number of carbonyl (C=O) groups excluding carboxylic acids is 1. The van der Waals surface area contributed by atoms with Gasteiger partial charge in [-0.05, 0) is 30.3 Å². The summed E-state index contributed by atoms with van der Waals surface area (Å²) in [6.45, 7) is 14.1. The summed E-state index contributed by atoms with van der Waals surface area (Å²) in [5, 5.41) is 15.1. The molecule has 2 aromatic rings. The highest BCUT2D eigenvalue weighted by Gasteiger charge is 2.04. The van der Waals surface area contributed by atoms with Crippen molar-refractivity contribution < 1.29 is 4.79 Å². The fourth-order valence-electron chi connectivity index (χ4n) is 1.83. The van der Waals surface area contributed by atoms with Crippen molar-refractivity contribution in [2.45, 2.75) is 27.7 Å². The van der Waals surface area contributed by atoms with Gasteiger partial charge in [0.15, 0.2) is 0 Å². The summed E-state index contributed by atoms with van der Waals surface area (Å²) in [6, 6.07) is 17.3. The SMILES string of the molecule is C=C(Nc1ccc(C#N)cc1)c1ccccc1NC.C=O.CC.CC. The van der Waals surface area contributed by atoms with Crippen LogP contribution in [0.15, 0.2) is 55.1 Å². The van der Waals surface area contributed by atoms with E-state index < -0.39 is 0 Å². The average Bonchev–Trinajstić information content (AvgIpc) is 2.73. The smallest absolute Gasteiger partial charge is 0.106 e. The third-order valence-corrected chi connectivity index (χ3v) is 2.83. The number of carbonyl (C=O) groups is 1. The maximum absolute atomic E-state index is 8.76. The van der Waals surface area contributed by atoms with Crippen LogP contribution in [-0.2, 0) is 4.79 Å². The number of nitrogens with zero attached hydrogens (tertiary/aromatic N) is 1. The standard InChI is InChI=1S/C16H15N3.2C2H6.CH2O/c1-12(15-5-3-4-6-16(15)18-2)19-14-9-7-13(11-17)8-10-14;3*1-2/h3-10,18-19H,1H2,2H3;2*1-2H3;1H2. The molecule has 0 aliphatic heterocycles. The molecular weight excluding hydrogens is 310 g/mol. The molecule has 134 valence electrons. The molecule has 0 aromatic heterocycles. The largest absolute Gasteiger partial charge is 0.388 e. The zero-order valence-corrected chi connectivity index (χ0v) is 15.9. The Morgan fingerprint density at radius 2 is 1.48 bits per heavy atom. The molecule has 0 fully saturated rings. The molecule has 0 saturated heterocycles. The van der Waals surface area contributed by atoms with E-state index in [1.54, 1.807) is 12.1 Å². The van der Waals surface area contributed by atoms with Gasteiger partial charge in [-0.3, -0.25) is 0 Å². The van der Waals surface area contributed by atoms with Crippen molar-refractivity contribution in [2.24, 2.45) is 0 Å². The van der Waals surface area contributed by atoms with Gasteiger partial charge >= 0.3 is 0 Å². The van der Waals surface area contributed by atoms with Gasteiger partial charge in [0.1, 0.15) is 6.79 Å². The van der Waals surface area contributed by atoms with Crippen LogP contribution < -0.4 is 10.6 Å². The quantitative estimate of drug-likeness (QED) is 0.766. The first-order valence-corrected chi connectivity index (χ1v) is 8.26. The third-order valence-electron chi connectivity index (χ3n) is 2.83. The van der Waals surface area contributed by atoms with Crippen LogP contribution in [0.1, 0.15) is 38.8 Å².